The molecule has 128 valence electrons. The smallest absolute Gasteiger partial charge is 0.281 e. The summed E-state index contributed by atoms with van der Waals surface area (Å²) in [5.41, 5.74) is 2.52. The highest BCUT2D eigenvalue weighted by molar-refractivity contribution is 5.64. The van der Waals surface area contributed by atoms with Crippen LogP contribution in [0, 0.1) is 13.8 Å². The first-order valence-corrected chi connectivity index (χ1v) is 8.60. The fraction of sp³-hybridized carbons (Fsp3) is 0.474. The van der Waals surface area contributed by atoms with Crippen LogP contribution < -0.4 is 5.56 Å². The Morgan fingerprint density at radius 2 is 1.79 bits per heavy atom. The van der Waals surface area contributed by atoms with Gasteiger partial charge in [-0.1, -0.05) is 30.3 Å². The van der Waals surface area contributed by atoms with Gasteiger partial charge in [0.05, 0.1) is 18.8 Å². The molecule has 0 unspecified atom stereocenters. The second-order valence-electron chi connectivity index (χ2n) is 6.25. The van der Waals surface area contributed by atoms with E-state index in [-0.39, 0.29) is 5.56 Å². The fourth-order valence-electron chi connectivity index (χ4n) is 3.34. The molecule has 2 aromatic rings. The van der Waals surface area contributed by atoms with Crippen molar-refractivity contribution in [1.29, 1.82) is 0 Å². The highest BCUT2D eigenvalue weighted by Gasteiger charge is 2.14. The Balaban J connectivity index is 1.79. The summed E-state index contributed by atoms with van der Waals surface area (Å²) >= 11 is 0. The van der Waals surface area contributed by atoms with Crippen LogP contribution in [0.2, 0.25) is 0 Å². The average Bonchev–Trinajstić information content (AvgIpc) is 2.59. The van der Waals surface area contributed by atoms with Crippen molar-refractivity contribution >= 4 is 0 Å². The van der Waals surface area contributed by atoms with Gasteiger partial charge in [0, 0.05) is 31.9 Å². The van der Waals surface area contributed by atoms with Crippen LogP contribution in [0.3, 0.4) is 0 Å². The number of rotatable bonds is 5. The molecule has 5 nitrogen and oxygen atoms in total. The lowest BCUT2D eigenvalue weighted by Crippen LogP contribution is -2.37. The van der Waals surface area contributed by atoms with Crippen LogP contribution in [0.25, 0.3) is 11.1 Å². The molecule has 3 rings (SSSR count). The van der Waals surface area contributed by atoms with Gasteiger partial charge in [-0.15, -0.1) is 0 Å². The number of aryl methyl sites for hydroxylation is 1. The highest BCUT2D eigenvalue weighted by Crippen LogP contribution is 2.19. The number of morpholine rings is 1. The molecule has 0 radical (unpaired) electrons. The number of ether oxygens (including phenoxy) is 1. The first kappa shape index (κ1) is 16.9. The molecule has 1 saturated heterocycles. The largest absolute Gasteiger partial charge is 0.379 e. The van der Waals surface area contributed by atoms with E-state index in [4.69, 9.17) is 4.74 Å². The molecule has 0 amide bonds. The maximum absolute atomic E-state index is 12.4. The van der Waals surface area contributed by atoms with Gasteiger partial charge >= 0.3 is 0 Å². The van der Waals surface area contributed by atoms with Gasteiger partial charge in [-0.25, -0.2) is 0 Å². The van der Waals surface area contributed by atoms with Crippen LogP contribution in [0.5, 0.6) is 0 Å². The molecule has 0 aliphatic carbocycles. The third kappa shape index (κ3) is 3.74. The third-order valence-electron chi connectivity index (χ3n) is 4.66. The van der Waals surface area contributed by atoms with Crippen molar-refractivity contribution < 1.29 is 4.74 Å². The van der Waals surface area contributed by atoms with E-state index in [1.807, 2.05) is 44.2 Å². The zero-order chi connectivity index (χ0) is 16.9. The minimum atomic E-state index is -0.138. The molecule has 0 atom stereocenters. The average molecular weight is 327 g/mol. The van der Waals surface area contributed by atoms with Gasteiger partial charge in [0.2, 0.25) is 0 Å². The summed E-state index contributed by atoms with van der Waals surface area (Å²) in [6, 6.07) is 9.81. The number of aromatic nitrogens is 2. The van der Waals surface area contributed by atoms with E-state index >= 15 is 0 Å². The van der Waals surface area contributed by atoms with E-state index in [1.54, 1.807) is 0 Å². The molecule has 2 heterocycles. The van der Waals surface area contributed by atoms with Gasteiger partial charge in [-0.05, 0) is 25.8 Å². The van der Waals surface area contributed by atoms with Gasteiger partial charge < -0.3 is 9.30 Å². The van der Waals surface area contributed by atoms with Crippen LogP contribution in [0.1, 0.15) is 17.9 Å². The summed E-state index contributed by atoms with van der Waals surface area (Å²) in [6.07, 6.45) is 1.04. The lowest BCUT2D eigenvalue weighted by atomic mass is 10.1. The molecular weight excluding hydrogens is 302 g/mol. The first-order valence-electron chi connectivity index (χ1n) is 8.60. The number of hydrogen-bond acceptors (Lipinski definition) is 4. The predicted octanol–water partition coefficient (Wildman–Crippen LogP) is 2.25. The van der Waals surface area contributed by atoms with Gasteiger partial charge in [-0.2, -0.15) is 4.98 Å². The standard InChI is InChI=1S/C19H25N3O2/c1-15-18(17-7-4-3-5-8-17)19(23)20-16(2)22(15)10-6-9-21-11-13-24-14-12-21/h3-5,7-8H,6,9-14H2,1-2H3. The number of benzene rings is 1. The van der Waals surface area contributed by atoms with Crippen LogP contribution in [-0.4, -0.2) is 47.3 Å². The Kier molecular flexibility index (Phi) is 5.43. The Morgan fingerprint density at radius 1 is 1.08 bits per heavy atom. The monoisotopic (exact) mass is 327 g/mol. The van der Waals surface area contributed by atoms with Gasteiger partial charge in [-0.3, -0.25) is 9.69 Å². The van der Waals surface area contributed by atoms with E-state index in [0.717, 1.165) is 62.9 Å². The van der Waals surface area contributed by atoms with Crippen LogP contribution in [-0.2, 0) is 11.3 Å². The molecule has 5 heteroatoms. The van der Waals surface area contributed by atoms with Crippen molar-refractivity contribution in [2.75, 3.05) is 32.8 Å². The molecule has 0 N–H and O–H groups in total. The van der Waals surface area contributed by atoms with E-state index in [1.165, 1.54) is 0 Å². The first-order chi connectivity index (χ1) is 11.7. The van der Waals surface area contributed by atoms with E-state index in [0.29, 0.717) is 5.56 Å². The Hall–Kier alpha value is -1.98. The van der Waals surface area contributed by atoms with E-state index in [9.17, 15) is 4.79 Å². The SMILES string of the molecule is Cc1nc(=O)c(-c2ccccc2)c(C)n1CCCN1CCOCC1. The third-order valence-corrected chi connectivity index (χ3v) is 4.66. The Labute approximate surface area is 142 Å². The van der Waals surface area contributed by atoms with Crippen molar-refractivity contribution in [2.24, 2.45) is 0 Å². The minimum Gasteiger partial charge on any atom is -0.379 e. The molecule has 1 aromatic carbocycles. The molecule has 1 aliphatic heterocycles. The molecule has 0 saturated carbocycles. The van der Waals surface area contributed by atoms with Gasteiger partial charge in [0.1, 0.15) is 5.82 Å². The summed E-state index contributed by atoms with van der Waals surface area (Å²) in [5.74, 6) is 0.791. The number of hydrogen-bond donors (Lipinski definition) is 0. The summed E-state index contributed by atoms with van der Waals surface area (Å²) in [4.78, 5) is 19.1. The van der Waals surface area contributed by atoms with Crippen LogP contribution in [0.4, 0.5) is 0 Å². The lowest BCUT2D eigenvalue weighted by molar-refractivity contribution is 0.0369. The van der Waals surface area contributed by atoms with Crippen molar-refractivity contribution in [3.63, 3.8) is 0 Å². The summed E-state index contributed by atoms with van der Waals surface area (Å²) < 4.78 is 7.56. The zero-order valence-corrected chi connectivity index (χ0v) is 14.5. The lowest BCUT2D eigenvalue weighted by Gasteiger charge is -2.27. The second kappa shape index (κ2) is 7.73. The maximum Gasteiger partial charge on any atom is 0.281 e. The van der Waals surface area contributed by atoms with Gasteiger partial charge in [0.15, 0.2) is 0 Å². The molecule has 1 aliphatic rings. The molecular formula is C19H25N3O2. The van der Waals surface area contributed by atoms with Crippen molar-refractivity contribution in [2.45, 2.75) is 26.8 Å². The highest BCUT2D eigenvalue weighted by atomic mass is 16.5. The second-order valence-corrected chi connectivity index (χ2v) is 6.25. The molecule has 1 fully saturated rings. The Bertz CT molecular complexity index is 734. The van der Waals surface area contributed by atoms with E-state index < -0.39 is 0 Å². The topological polar surface area (TPSA) is 47.4 Å². The molecule has 0 spiro atoms. The summed E-state index contributed by atoms with van der Waals surface area (Å²) in [6.45, 7) is 9.54. The molecule has 24 heavy (non-hydrogen) atoms. The normalized spacial score (nSPS) is 15.6. The van der Waals surface area contributed by atoms with Crippen LogP contribution >= 0.6 is 0 Å². The molecule has 1 aromatic heterocycles. The van der Waals surface area contributed by atoms with Crippen molar-refractivity contribution in [3.05, 3.63) is 52.2 Å². The van der Waals surface area contributed by atoms with E-state index in [2.05, 4.69) is 14.5 Å². The van der Waals surface area contributed by atoms with Crippen LogP contribution in [0.15, 0.2) is 35.1 Å². The van der Waals surface area contributed by atoms with Gasteiger partial charge in [0.25, 0.3) is 5.56 Å². The number of nitrogens with zero attached hydrogens (tertiary/aromatic N) is 3. The van der Waals surface area contributed by atoms with Crippen molar-refractivity contribution in [3.8, 4) is 11.1 Å². The zero-order valence-electron chi connectivity index (χ0n) is 14.5. The Morgan fingerprint density at radius 3 is 2.50 bits per heavy atom. The summed E-state index contributed by atoms with van der Waals surface area (Å²) in [5, 5.41) is 0. The minimum absolute atomic E-state index is 0.138. The maximum atomic E-state index is 12.4. The summed E-state index contributed by atoms with van der Waals surface area (Å²) in [7, 11) is 0. The molecule has 0 bridgehead atoms. The quantitative estimate of drug-likeness (QED) is 0.845. The fourth-order valence-corrected chi connectivity index (χ4v) is 3.34. The van der Waals surface area contributed by atoms with Crippen molar-refractivity contribution in [1.82, 2.24) is 14.5 Å². The predicted molar refractivity (Wildman–Crippen MR) is 95.3 cm³/mol.